The van der Waals surface area contributed by atoms with Gasteiger partial charge in [0.1, 0.15) is 5.75 Å². The predicted octanol–water partition coefficient (Wildman–Crippen LogP) is 0.125. The van der Waals surface area contributed by atoms with Gasteiger partial charge in [0.05, 0.1) is 11.9 Å². The Labute approximate surface area is 140 Å². The number of rotatable bonds is 2. The molecule has 1 saturated heterocycles. The first kappa shape index (κ1) is 16.7. The molecule has 2 heterocycles. The standard InChI is InChI=1S/C15H19N3O5S/c1-24(21,22)18-6-2-5-17(7-8-18)15(20)11-3-4-13-12(9-11)16-14(19)10-23-13/h3-4,9H,2,5-8,10H2,1H3,(H,16,19). The number of amides is 2. The van der Waals surface area contributed by atoms with Gasteiger partial charge >= 0.3 is 0 Å². The van der Waals surface area contributed by atoms with Crippen LogP contribution in [0.15, 0.2) is 18.2 Å². The monoisotopic (exact) mass is 353 g/mol. The van der Waals surface area contributed by atoms with E-state index in [1.165, 1.54) is 10.6 Å². The lowest BCUT2D eigenvalue weighted by molar-refractivity contribution is -0.118. The van der Waals surface area contributed by atoms with Gasteiger partial charge < -0.3 is 15.0 Å². The van der Waals surface area contributed by atoms with Crippen LogP contribution in [-0.4, -0.2) is 68.5 Å². The topological polar surface area (TPSA) is 96.0 Å². The molecule has 9 heteroatoms. The van der Waals surface area contributed by atoms with E-state index >= 15 is 0 Å². The van der Waals surface area contributed by atoms with E-state index in [0.29, 0.717) is 43.1 Å². The lowest BCUT2D eigenvalue weighted by atomic mass is 10.1. The molecule has 0 saturated carbocycles. The van der Waals surface area contributed by atoms with Crippen molar-refractivity contribution in [3.63, 3.8) is 0 Å². The Morgan fingerprint density at radius 3 is 2.75 bits per heavy atom. The highest BCUT2D eigenvalue weighted by atomic mass is 32.2. The maximum absolute atomic E-state index is 12.7. The average molecular weight is 353 g/mol. The van der Waals surface area contributed by atoms with E-state index < -0.39 is 10.0 Å². The summed E-state index contributed by atoms with van der Waals surface area (Å²) in [4.78, 5) is 25.7. The summed E-state index contributed by atoms with van der Waals surface area (Å²) in [6.07, 6.45) is 1.76. The van der Waals surface area contributed by atoms with Crippen molar-refractivity contribution in [3.8, 4) is 5.75 Å². The number of ether oxygens (including phenoxy) is 1. The van der Waals surface area contributed by atoms with Crippen molar-refractivity contribution in [1.29, 1.82) is 0 Å². The summed E-state index contributed by atoms with van der Waals surface area (Å²) < 4.78 is 30.0. The minimum atomic E-state index is -3.25. The van der Waals surface area contributed by atoms with E-state index in [4.69, 9.17) is 4.74 Å². The molecule has 8 nitrogen and oxygen atoms in total. The minimum absolute atomic E-state index is 0.0340. The van der Waals surface area contributed by atoms with Gasteiger partial charge in [-0.1, -0.05) is 0 Å². The molecule has 3 rings (SSSR count). The number of carbonyl (C=O) groups is 2. The molecule has 1 aromatic rings. The van der Waals surface area contributed by atoms with E-state index in [9.17, 15) is 18.0 Å². The summed E-state index contributed by atoms with van der Waals surface area (Å²) in [5.74, 6) is 0.0870. The van der Waals surface area contributed by atoms with Crippen molar-refractivity contribution in [2.45, 2.75) is 6.42 Å². The molecule has 0 bridgehead atoms. The number of hydrogen-bond acceptors (Lipinski definition) is 5. The quantitative estimate of drug-likeness (QED) is 0.815. The van der Waals surface area contributed by atoms with Crippen LogP contribution in [0, 0.1) is 0 Å². The summed E-state index contributed by atoms with van der Waals surface area (Å²) in [7, 11) is -3.25. The summed E-state index contributed by atoms with van der Waals surface area (Å²) in [5.41, 5.74) is 0.914. The molecule has 0 aromatic heterocycles. The van der Waals surface area contributed by atoms with E-state index in [2.05, 4.69) is 5.32 Å². The zero-order chi connectivity index (χ0) is 17.3. The van der Waals surface area contributed by atoms with Crippen LogP contribution in [0.25, 0.3) is 0 Å². The van der Waals surface area contributed by atoms with Crippen molar-refractivity contribution in [2.24, 2.45) is 0 Å². The normalized spacial score (nSPS) is 19.0. The maximum Gasteiger partial charge on any atom is 0.262 e. The fraction of sp³-hybridized carbons (Fsp3) is 0.467. The maximum atomic E-state index is 12.7. The third-order valence-electron chi connectivity index (χ3n) is 4.07. The van der Waals surface area contributed by atoms with Gasteiger partial charge in [-0.05, 0) is 24.6 Å². The van der Waals surface area contributed by atoms with Crippen molar-refractivity contribution in [3.05, 3.63) is 23.8 Å². The number of fused-ring (bicyclic) bond motifs is 1. The number of hydrogen-bond donors (Lipinski definition) is 1. The number of sulfonamides is 1. The third-order valence-corrected chi connectivity index (χ3v) is 5.37. The van der Waals surface area contributed by atoms with Crippen molar-refractivity contribution in [2.75, 3.05) is 44.4 Å². The molecule has 0 unspecified atom stereocenters. The second kappa shape index (κ2) is 6.40. The van der Waals surface area contributed by atoms with Gasteiger partial charge in [0.2, 0.25) is 10.0 Å². The highest BCUT2D eigenvalue weighted by molar-refractivity contribution is 7.88. The Bertz CT molecular complexity index is 777. The van der Waals surface area contributed by atoms with Crippen molar-refractivity contribution < 1.29 is 22.7 Å². The molecule has 2 aliphatic heterocycles. The fourth-order valence-corrected chi connectivity index (χ4v) is 3.70. The summed E-state index contributed by atoms with van der Waals surface area (Å²) >= 11 is 0. The number of benzene rings is 1. The van der Waals surface area contributed by atoms with E-state index in [-0.39, 0.29) is 25.0 Å². The predicted molar refractivity (Wildman–Crippen MR) is 87.5 cm³/mol. The number of nitrogens with zero attached hydrogens (tertiary/aromatic N) is 2. The number of carbonyl (C=O) groups excluding carboxylic acids is 2. The molecule has 130 valence electrons. The Morgan fingerprint density at radius 1 is 1.21 bits per heavy atom. The van der Waals surface area contributed by atoms with Crippen LogP contribution in [0.4, 0.5) is 5.69 Å². The molecule has 1 aromatic carbocycles. The molecule has 0 radical (unpaired) electrons. The van der Waals surface area contributed by atoms with E-state index in [1.54, 1.807) is 23.1 Å². The van der Waals surface area contributed by atoms with Gasteiger partial charge in [0.15, 0.2) is 6.61 Å². The van der Waals surface area contributed by atoms with Gasteiger partial charge in [0.25, 0.3) is 11.8 Å². The molecule has 1 N–H and O–H groups in total. The first-order valence-electron chi connectivity index (χ1n) is 7.66. The fourth-order valence-electron chi connectivity index (χ4n) is 2.83. The molecular weight excluding hydrogens is 334 g/mol. The first-order chi connectivity index (χ1) is 11.3. The van der Waals surface area contributed by atoms with Crippen LogP contribution in [0.1, 0.15) is 16.8 Å². The Balaban J connectivity index is 1.75. The zero-order valence-electron chi connectivity index (χ0n) is 13.3. The minimum Gasteiger partial charge on any atom is -0.482 e. The highest BCUT2D eigenvalue weighted by Gasteiger charge is 2.25. The first-order valence-corrected chi connectivity index (χ1v) is 9.50. The van der Waals surface area contributed by atoms with Crippen LogP contribution in [0.3, 0.4) is 0 Å². The van der Waals surface area contributed by atoms with Crippen LogP contribution in [0.2, 0.25) is 0 Å². The summed E-state index contributed by atoms with van der Waals surface area (Å²) in [5, 5.41) is 2.68. The third kappa shape index (κ3) is 3.51. The lowest BCUT2D eigenvalue weighted by Gasteiger charge is -2.23. The zero-order valence-corrected chi connectivity index (χ0v) is 14.1. The molecule has 2 aliphatic rings. The Kier molecular flexibility index (Phi) is 4.46. The van der Waals surface area contributed by atoms with Crippen LogP contribution in [0.5, 0.6) is 5.75 Å². The summed E-state index contributed by atoms with van der Waals surface area (Å²) in [6, 6.07) is 4.90. The van der Waals surface area contributed by atoms with Gasteiger partial charge in [0, 0.05) is 31.7 Å². The molecule has 2 amide bonds. The van der Waals surface area contributed by atoms with Crippen LogP contribution < -0.4 is 10.1 Å². The highest BCUT2D eigenvalue weighted by Crippen LogP contribution is 2.29. The van der Waals surface area contributed by atoms with E-state index in [1.807, 2.05) is 0 Å². The Hall–Kier alpha value is -2.13. The van der Waals surface area contributed by atoms with Gasteiger partial charge in [-0.3, -0.25) is 9.59 Å². The van der Waals surface area contributed by atoms with Crippen LogP contribution >= 0.6 is 0 Å². The Morgan fingerprint density at radius 2 is 2.00 bits per heavy atom. The molecule has 1 fully saturated rings. The smallest absolute Gasteiger partial charge is 0.262 e. The lowest BCUT2D eigenvalue weighted by Crippen LogP contribution is -2.37. The second-order valence-corrected chi connectivity index (χ2v) is 7.84. The molecule has 0 atom stereocenters. The SMILES string of the molecule is CS(=O)(=O)N1CCCN(C(=O)c2ccc3c(c2)NC(=O)CO3)CC1. The van der Waals surface area contributed by atoms with Crippen molar-refractivity contribution in [1.82, 2.24) is 9.21 Å². The average Bonchev–Trinajstić information content (AvgIpc) is 2.79. The molecule has 0 spiro atoms. The molecule has 0 aliphatic carbocycles. The van der Waals surface area contributed by atoms with Gasteiger partial charge in [-0.2, -0.15) is 0 Å². The molecular formula is C15H19N3O5S. The molecule has 24 heavy (non-hydrogen) atoms. The van der Waals surface area contributed by atoms with E-state index in [0.717, 1.165) is 0 Å². The number of nitrogens with one attached hydrogen (secondary N) is 1. The number of anilines is 1. The second-order valence-electron chi connectivity index (χ2n) is 5.86. The van der Waals surface area contributed by atoms with Gasteiger partial charge in [-0.25, -0.2) is 12.7 Å². The largest absolute Gasteiger partial charge is 0.482 e. The van der Waals surface area contributed by atoms with Crippen LogP contribution in [-0.2, 0) is 14.8 Å². The van der Waals surface area contributed by atoms with Gasteiger partial charge in [-0.15, -0.1) is 0 Å². The van der Waals surface area contributed by atoms with Crippen molar-refractivity contribution >= 4 is 27.5 Å². The summed E-state index contributed by atoms with van der Waals surface area (Å²) in [6.45, 7) is 1.50.